The van der Waals surface area contributed by atoms with Crippen molar-refractivity contribution in [3.63, 3.8) is 0 Å². The number of benzene rings is 1. The zero-order chi connectivity index (χ0) is 18.2. The van der Waals surface area contributed by atoms with Crippen LogP contribution in [0.5, 0.6) is 0 Å². The van der Waals surface area contributed by atoms with E-state index < -0.39 is 10.8 Å². The fourth-order valence-corrected chi connectivity index (χ4v) is 6.57. The summed E-state index contributed by atoms with van der Waals surface area (Å²) in [5, 5.41) is 3.45. The molecule has 2 fully saturated rings. The lowest BCUT2D eigenvalue weighted by molar-refractivity contribution is 0.293. The van der Waals surface area contributed by atoms with Crippen LogP contribution in [0.2, 0.25) is 0 Å². The smallest absolute Gasteiger partial charge is 0.193 e. The molecule has 1 aromatic carbocycles. The highest BCUT2D eigenvalue weighted by atomic mass is 32.2. The Bertz CT molecular complexity index is 609. The molecule has 0 bridgehead atoms. The van der Waals surface area contributed by atoms with E-state index in [1.807, 2.05) is 37.4 Å². The molecule has 26 heavy (non-hydrogen) atoms. The number of thioether (sulfide) groups is 1. The summed E-state index contributed by atoms with van der Waals surface area (Å²) < 4.78 is 12.7. The first-order chi connectivity index (χ1) is 12.7. The maximum atomic E-state index is 12.3. The fourth-order valence-electron chi connectivity index (χ4n) is 3.97. The van der Waals surface area contributed by atoms with Crippen molar-refractivity contribution in [1.29, 1.82) is 0 Å². The minimum Gasteiger partial charge on any atom is -0.355 e. The van der Waals surface area contributed by atoms with E-state index in [2.05, 4.69) is 27.0 Å². The Morgan fingerprint density at radius 3 is 2.77 bits per heavy atom. The topological polar surface area (TPSA) is 44.7 Å². The molecule has 1 saturated heterocycles. The van der Waals surface area contributed by atoms with E-state index in [0.717, 1.165) is 24.6 Å². The van der Waals surface area contributed by atoms with Crippen LogP contribution in [-0.2, 0) is 16.6 Å². The molecule has 2 aliphatic rings. The largest absolute Gasteiger partial charge is 0.355 e. The Balaban J connectivity index is 1.46. The van der Waals surface area contributed by atoms with Crippen LogP contribution in [0.4, 0.5) is 0 Å². The minimum absolute atomic E-state index is 0.435. The molecule has 0 aromatic heterocycles. The summed E-state index contributed by atoms with van der Waals surface area (Å²) in [4.78, 5) is 6.91. The van der Waals surface area contributed by atoms with Gasteiger partial charge in [0.2, 0.25) is 0 Å². The number of nitrogens with zero attached hydrogens (tertiary/aromatic N) is 2. The number of guanidine groups is 1. The summed E-state index contributed by atoms with van der Waals surface area (Å²) >= 11 is 2.18. The molecule has 1 saturated carbocycles. The molecule has 4 nitrogen and oxygen atoms in total. The molecule has 3 rings (SSSR count). The van der Waals surface area contributed by atoms with E-state index in [1.165, 1.54) is 37.9 Å². The molecule has 1 N–H and O–H groups in total. The van der Waals surface area contributed by atoms with Crippen LogP contribution in [0.25, 0.3) is 0 Å². The lowest BCUT2D eigenvalue weighted by Crippen LogP contribution is -2.53. The van der Waals surface area contributed by atoms with Crippen LogP contribution < -0.4 is 5.32 Å². The van der Waals surface area contributed by atoms with E-state index in [9.17, 15) is 4.21 Å². The van der Waals surface area contributed by atoms with Crippen molar-refractivity contribution in [1.82, 2.24) is 10.2 Å². The van der Waals surface area contributed by atoms with E-state index in [-0.39, 0.29) is 0 Å². The van der Waals surface area contributed by atoms with Gasteiger partial charge in [-0.3, -0.25) is 9.20 Å². The van der Waals surface area contributed by atoms with Crippen LogP contribution >= 0.6 is 11.8 Å². The van der Waals surface area contributed by atoms with Gasteiger partial charge in [0.05, 0.1) is 0 Å². The minimum atomic E-state index is -0.845. The van der Waals surface area contributed by atoms with Gasteiger partial charge in [-0.25, -0.2) is 0 Å². The molecule has 6 heteroatoms. The Hall–Kier alpha value is -1.01. The number of rotatable bonds is 5. The quantitative estimate of drug-likeness (QED) is 0.616. The predicted molar refractivity (Wildman–Crippen MR) is 114 cm³/mol. The van der Waals surface area contributed by atoms with Crippen LogP contribution in [0, 0.1) is 0 Å². The second-order valence-corrected chi connectivity index (χ2v) is 10.4. The second-order valence-electron chi connectivity index (χ2n) is 7.26. The molecule has 1 aliphatic carbocycles. The second kappa shape index (κ2) is 9.79. The van der Waals surface area contributed by atoms with Crippen LogP contribution in [-0.4, -0.2) is 58.0 Å². The van der Waals surface area contributed by atoms with Crippen molar-refractivity contribution in [3.05, 3.63) is 35.9 Å². The average Bonchev–Trinajstić information content (AvgIpc) is 2.67. The van der Waals surface area contributed by atoms with Gasteiger partial charge in [0, 0.05) is 59.5 Å². The molecular formula is C20H31N3OS2. The van der Waals surface area contributed by atoms with Crippen LogP contribution in [0.15, 0.2) is 35.3 Å². The zero-order valence-corrected chi connectivity index (χ0v) is 17.4. The number of aliphatic imine (C=N–C) groups is 1. The standard InChI is InChI=1S/C20H31N3OS2/c1-21-19(22-12-15-26(24)16-18-8-4-2-5-9-18)23-13-14-25-20(17-23)10-6-3-7-11-20/h2,4-5,8-9H,3,6-7,10-17H2,1H3,(H,21,22). The molecular weight excluding hydrogens is 362 g/mol. The van der Waals surface area contributed by atoms with E-state index in [4.69, 9.17) is 0 Å². The van der Waals surface area contributed by atoms with Crippen molar-refractivity contribution in [3.8, 4) is 0 Å². The highest BCUT2D eigenvalue weighted by molar-refractivity contribution is 8.00. The van der Waals surface area contributed by atoms with Crippen molar-refractivity contribution < 1.29 is 4.21 Å². The molecule has 144 valence electrons. The third-order valence-corrected chi connectivity index (χ3v) is 8.16. The summed E-state index contributed by atoms with van der Waals surface area (Å²) in [6, 6.07) is 10.1. The summed E-state index contributed by atoms with van der Waals surface area (Å²) in [7, 11) is 1.01. The highest BCUT2D eigenvalue weighted by Gasteiger charge is 2.38. The molecule has 1 unspecified atom stereocenters. The summed E-state index contributed by atoms with van der Waals surface area (Å²) in [5.41, 5.74) is 1.14. The molecule has 1 spiro atoms. The lowest BCUT2D eigenvalue weighted by atomic mass is 9.87. The van der Waals surface area contributed by atoms with Gasteiger partial charge in [0.1, 0.15) is 0 Å². The number of hydrogen-bond acceptors (Lipinski definition) is 3. The Labute approximate surface area is 164 Å². The van der Waals surface area contributed by atoms with Gasteiger partial charge >= 0.3 is 0 Å². The van der Waals surface area contributed by atoms with E-state index in [0.29, 0.717) is 22.8 Å². The van der Waals surface area contributed by atoms with Gasteiger partial charge in [0.15, 0.2) is 5.96 Å². The molecule has 1 heterocycles. The first-order valence-electron chi connectivity index (χ1n) is 9.69. The number of hydrogen-bond donors (Lipinski definition) is 1. The molecule has 1 atom stereocenters. The van der Waals surface area contributed by atoms with Crippen molar-refractivity contribution in [2.75, 3.05) is 38.2 Å². The SMILES string of the molecule is CN=C(NCCS(=O)Cc1ccccc1)N1CCSC2(CCCCC2)C1. The van der Waals surface area contributed by atoms with Gasteiger partial charge < -0.3 is 10.2 Å². The van der Waals surface area contributed by atoms with Gasteiger partial charge in [0.25, 0.3) is 0 Å². The van der Waals surface area contributed by atoms with Crippen LogP contribution in [0.1, 0.15) is 37.7 Å². The van der Waals surface area contributed by atoms with Gasteiger partial charge in [-0.1, -0.05) is 49.6 Å². The zero-order valence-electron chi connectivity index (χ0n) is 15.8. The third-order valence-electron chi connectivity index (χ3n) is 5.31. The predicted octanol–water partition coefficient (Wildman–Crippen LogP) is 3.26. The number of nitrogens with one attached hydrogen (secondary N) is 1. The van der Waals surface area contributed by atoms with Crippen molar-refractivity contribution in [2.45, 2.75) is 42.6 Å². The summed E-state index contributed by atoms with van der Waals surface area (Å²) in [6.07, 6.45) is 6.80. The maximum absolute atomic E-state index is 12.3. The van der Waals surface area contributed by atoms with Crippen molar-refractivity contribution in [2.24, 2.45) is 4.99 Å². The van der Waals surface area contributed by atoms with Gasteiger partial charge in [-0.05, 0) is 18.4 Å². The van der Waals surface area contributed by atoms with E-state index >= 15 is 0 Å². The molecule has 1 aromatic rings. The molecule has 1 aliphatic heterocycles. The maximum Gasteiger partial charge on any atom is 0.193 e. The summed E-state index contributed by atoms with van der Waals surface area (Å²) in [5.74, 6) is 3.44. The summed E-state index contributed by atoms with van der Waals surface area (Å²) in [6.45, 7) is 2.87. The fraction of sp³-hybridized carbons (Fsp3) is 0.650. The Kier molecular flexibility index (Phi) is 7.43. The van der Waals surface area contributed by atoms with Gasteiger partial charge in [-0.2, -0.15) is 11.8 Å². The van der Waals surface area contributed by atoms with Crippen LogP contribution in [0.3, 0.4) is 0 Å². The third kappa shape index (κ3) is 5.49. The normalized spacial score (nSPS) is 21.6. The monoisotopic (exact) mass is 393 g/mol. The lowest BCUT2D eigenvalue weighted by Gasteiger charge is -2.45. The molecule has 0 amide bonds. The highest BCUT2D eigenvalue weighted by Crippen LogP contribution is 2.42. The molecule has 0 radical (unpaired) electrons. The first kappa shape index (κ1) is 19.7. The Morgan fingerprint density at radius 2 is 2.04 bits per heavy atom. The Morgan fingerprint density at radius 1 is 1.27 bits per heavy atom. The van der Waals surface area contributed by atoms with Crippen molar-refractivity contribution >= 4 is 28.5 Å². The van der Waals surface area contributed by atoms with E-state index in [1.54, 1.807) is 0 Å². The average molecular weight is 394 g/mol. The van der Waals surface area contributed by atoms with Gasteiger partial charge in [-0.15, -0.1) is 0 Å². The first-order valence-corrected chi connectivity index (χ1v) is 12.2.